The van der Waals surface area contributed by atoms with Crippen LogP contribution in [-0.2, 0) is 6.42 Å². The Hall–Kier alpha value is -2.14. The summed E-state index contributed by atoms with van der Waals surface area (Å²) in [6, 6.07) is 3.96. The van der Waals surface area contributed by atoms with Gasteiger partial charge in [0, 0.05) is 7.05 Å². The molecule has 0 unspecified atom stereocenters. The molecule has 1 rings (SSSR count). The molecule has 0 fully saturated rings. The largest absolute Gasteiger partial charge is 0.372 e. The van der Waals surface area contributed by atoms with E-state index in [1.165, 1.54) is 0 Å². The van der Waals surface area contributed by atoms with Crippen LogP contribution in [0.5, 0.6) is 0 Å². The second-order valence-corrected chi connectivity index (χ2v) is 2.64. The third-order valence-corrected chi connectivity index (χ3v) is 1.69. The Bertz CT molecular complexity index is 424. The van der Waals surface area contributed by atoms with Crippen molar-refractivity contribution in [2.45, 2.75) is 13.3 Å². The number of rotatable bonds is 2. The molecule has 0 aromatic carbocycles. The van der Waals surface area contributed by atoms with Gasteiger partial charge < -0.3 is 5.32 Å². The van der Waals surface area contributed by atoms with Crippen molar-refractivity contribution in [2.24, 2.45) is 0 Å². The number of hydrogen-bond acceptors (Lipinski definition) is 5. The van der Waals surface area contributed by atoms with Crippen LogP contribution >= 0.6 is 0 Å². The van der Waals surface area contributed by atoms with E-state index in [1.807, 2.05) is 12.1 Å². The first-order valence-electron chi connectivity index (χ1n) is 4.05. The molecule has 70 valence electrons. The van der Waals surface area contributed by atoms with Crippen LogP contribution in [0, 0.1) is 29.6 Å². The van der Waals surface area contributed by atoms with E-state index in [0.29, 0.717) is 22.9 Å². The molecule has 5 nitrogen and oxygen atoms in total. The van der Waals surface area contributed by atoms with Gasteiger partial charge in [-0.25, -0.2) is 9.97 Å². The van der Waals surface area contributed by atoms with E-state index in [0.717, 1.165) is 0 Å². The summed E-state index contributed by atoms with van der Waals surface area (Å²) in [4.78, 5) is 8.10. The Morgan fingerprint density at radius 3 is 2.57 bits per heavy atom. The zero-order valence-electron chi connectivity index (χ0n) is 8.00. The second kappa shape index (κ2) is 4.20. The van der Waals surface area contributed by atoms with E-state index in [1.54, 1.807) is 14.0 Å². The minimum absolute atomic E-state index is 0.126. The summed E-state index contributed by atoms with van der Waals surface area (Å²) < 4.78 is 0. The van der Waals surface area contributed by atoms with E-state index in [-0.39, 0.29) is 6.42 Å². The first kappa shape index (κ1) is 9.94. The SMILES string of the molecule is CNc1nc(C)nc(CC#N)c1C#N. The predicted molar refractivity (Wildman–Crippen MR) is 50.3 cm³/mol. The number of hydrogen-bond donors (Lipinski definition) is 1. The van der Waals surface area contributed by atoms with Gasteiger partial charge in [-0.15, -0.1) is 0 Å². The smallest absolute Gasteiger partial charge is 0.147 e. The van der Waals surface area contributed by atoms with E-state index >= 15 is 0 Å². The number of nitrogens with one attached hydrogen (secondary N) is 1. The summed E-state index contributed by atoms with van der Waals surface area (Å²) in [5, 5.41) is 20.2. The van der Waals surface area contributed by atoms with Crippen molar-refractivity contribution in [3.05, 3.63) is 17.1 Å². The number of nitriles is 2. The van der Waals surface area contributed by atoms with E-state index in [9.17, 15) is 0 Å². The summed E-state index contributed by atoms with van der Waals surface area (Å²) in [6.07, 6.45) is 0.126. The van der Waals surface area contributed by atoms with Gasteiger partial charge in [0.1, 0.15) is 23.3 Å². The van der Waals surface area contributed by atoms with Gasteiger partial charge in [0.05, 0.1) is 18.2 Å². The van der Waals surface area contributed by atoms with Gasteiger partial charge in [0.15, 0.2) is 0 Å². The molecule has 0 atom stereocenters. The van der Waals surface area contributed by atoms with Gasteiger partial charge in [0.2, 0.25) is 0 Å². The zero-order valence-corrected chi connectivity index (χ0v) is 8.00. The van der Waals surface area contributed by atoms with Gasteiger partial charge in [-0.2, -0.15) is 10.5 Å². The maximum Gasteiger partial charge on any atom is 0.147 e. The Kier molecular flexibility index (Phi) is 2.98. The number of aryl methyl sites for hydroxylation is 1. The molecule has 14 heavy (non-hydrogen) atoms. The highest BCUT2D eigenvalue weighted by Gasteiger charge is 2.10. The Labute approximate surface area is 82.0 Å². The van der Waals surface area contributed by atoms with Gasteiger partial charge in [0.25, 0.3) is 0 Å². The number of nitrogens with zero attached hydrogens (tertiary/aromatic N) is 4. The van der Waals surface area contributed by atoms with Crippen LogP contribution in [0.1, 0.15) is 17.1 Å². The highest BCUT2D eigenvalue weighted by atomic mass is 15.0. The minimum atomic E-state index is 0.126. The van der Waals surface area contributed by atoms with E-state index in [2.05, 4.69) is 15.3 Å². The molecule has 0 saturated carbocycles. The summed E-state index contributed by atoms with van der Waals surface area (Å²) in [5.41, 5.74) is 0.825. The van der Waals surface area contributed by atoms with Gasteiger partial charge >= 0.3 is 0 Å². The molecule has 0 radical (unpaired) electrons. The lowest BCUT2D eigenvalue weighted by Crippen LogP contribution is -2.05. The van der Waals surface area contributed by atoms with Crippen molar-refractivity contribution in [1.29, 1.82) is 10.5 Å². The average molecular weight is 187 g/mol. The Morgan fingerprint density at radius 2 is 2.07 bits per heavy atom. The molecular formula is C9H9N5. The fourth-order valence-electron chi connectivity index (χ4n) is 1.13. The Morgan fingerprint density at radius 1 is 1.36 bits per heavy atom. The normalized spacial score (nSPS) is 8.86. The van der Waals surface area contributed by atoms with Crippen molar-refractivity contribution >= 4 is 5.82 Å². The maximum absolute atomic E-state index is 8.87. The number of anilines is 1. The highest BCUT2D eigenvalue weighted by Crippen LogP contribution is 2.15. The fraction of sp³-hybridized carbons (Fsp3) is 0.333. The molecule has 0 spiro atoms. The van der Waals surface area contributed by atoms with Crippen molar-refractivity contribution in [3.63, 3.8) is 0 Å². The van der Waals surface area contributed by atoms with Crippen molar-refractivity contribution in [1.82, 2.24) is 9.97 Å². The van der Waals surface area contributed by atoms with Crippen molar-refractivity contribution < 1.29 is 0 Å². The zero-order chi connectivity index (χ0) is 10.6. The van der Waals surface area contributed by atoms with Crippen LogP contribution < -0.4 is 5.32 Å². The first-order valence-corrected chi connectivity index (χ1v) is 4.05. The molecule has 0 saturated heterocycles. The van der Waals surface area contributed by atoms with Gasteiger partial charge in [-0.05, 0) is 6.92 Å². The number of aromatic nitrogens is 2. The second-order valence-electron chi connectivity index (χ2n) is 2.64. The van der Waals surface area contributed by atoms with Gasteiger partial charge in [-0.1, -0.05) is 0 Å². The maximum atomic E-state index is 8.87. The molecule has 1 aromatic rings. The predicted octanol–water partition coefficient (Wildman–Crippen LogP) is 0.764. The fourth-order valence-corrected chi connectivity index (χ4v) is 1.13. The quantitative estimate of drug-likeness (QED) is 0.738. The molecule has 0 bridgehead atoms. The van der Waals surface area contributed by atoms with Crippen LogP contribution in [-0.4, -0.2) is 17.0 Å². The lowest BCUT2D eigenvalue weighted by Gasteiger charge is -2.05. The summed E-state index contributed by atoms with van der Waals surface area (Å²) in [6.45, 7) is 1.73. The van der Waals surface area contributed by atoms with Crippen LogP contribution in [0.15, 0.2) is 0 Å². The third kappa shape index (κ3) is 1.78. The Balaban J connectivity index is 3.35. The highest BCUT2D eigenvalue weighted by molar-refractivity contribution is 5.54. The minimum Gasteiger partial charge on any atom is -0.372 e. The molecule has 0 aliphatic rings. The van der Waals surface area contributed by atoms with E-state index in [4.69, 9.17) is 10.5 Å². The molecule has 1 heterocycles. The van der Waals surface area contributed by atoms with Crippen LogP contribution in [0.3, 0.4) is 0 Å². The topological polar surface area (TPSA) is 85.4 Å². The van der Waals surface area contributed by atoms with E-state index < -0.39 is 0 Å². The summed E-state index contributed by atoms with van der Waals surface area (Å²) >= 11 is 0. The van der Waals surface area contributed by atoms with Crippen LogP contribution in [0.25, 0.3) is 0 Å². The average Bonchev–Trinajstić information content (AvgIpc) is 2.17. The standard InChI is InChI=1S/C9H9N5/c1-6-13-8(3-4-10)7(5-11)9(12-2)14-6/h3H2,1-2H3,(H,12,13,14). The monoisotopic (exact) mass is 187 g/mol. The molecule has 5 heteroatoms. The molecule has 1 aromatic heterocycles. The molecule has 0 aliphatic carbocycles. The van der Waals surface area contributed by atoms with Crippen LogP contribution in [0.4, 0.5) is 5.82 Å². The molecular weight excluding hydrogens is 178 g/mol. The van der Waals surface area contributed by atoms with Crippen molar-refractivity contribution in [3.8, 4) is 12.1 Å². The van der Waals surface area contributed by atoms with Gasteiger partial charge in [-0.3, -0.25) is 0 Å². The lowest BCUT2D eigenvalue weighted by molar-refractivity contribution is 0.975. The first-order chi connectivity index (χ1) is 6.72. The molecule has 0 aliphatic heterocycles. The third-order valence-electron chi connectivity index (χ3n) is 1.69. The van der Waals surface area contributed by atoms with Crippen molar-refractivity contribution in [2.75, 3.05) is 12.4 Å². The lowest BCUT2D eigenvalue weighted by atomic mass is 10.2. The summed E-state index contributed by atoms with van der Waals surface area (Å²) in [5.74, 6) is 1.03. The molecule has 0 amide bonds. The molecule has 1 N–H and O–H groups in total. The summed E-state index contributed by atoms with van der Waals surface area (Å²) in [7, 11) is 1.68. The van der Waals surface area contributed by atoms with Crippen LogP contribution in [0.2, 0.25) is 0 Å².